The van der Waals surface area contributed by atoms with Crippen LogP contribution in [0.15, 0.2) is 60.8 Å². The van der Waals surface area contributed by atoms with Gasteiger partial charge < -0.3 is 15.7 Å². The minimum absolute atomic E-state index is 0.0130. The number of hydrogen-bond donors (Lipinski definition) is 3. The van der Waals surface area contributed by atoms with Crippen LogP contribution in [0.25, 0.3) is 0 Å². The van der Waals surface area contributed by atoms with E-state index in [1.54, 1.807) is 6.20 Å². The number of hydrogen-bond acceptors (Lipinski definition) is 5. The maximum atomic E-state index is 9.23. The number of aromatic nitrogens is 2. The van der Waals surface area contributed by atoms with Gasteiger partial charge in [0, 0.05) is 23.1 Å². The van der Waals surface area contributed by atoms with Gasteiger partial charge in [0.25, 0.3) is 0 Å². The molecule has 2 aromatic carbocycles. The van der Waals surface area contributed by atoms with Gasteiger partial charge in [-0.25, -0.2) is 4.98 Å². The molecule has 0 saturated carbocycles. The fourth-order valence-corrected chi connectivity index (χ4v) is 2.16. The summed E-state index contributed by atoms with van der Waals surface area (Å²) >= 11 is 0. The molecule has 0 unspecified atom stereocenters. The molecule has 0 aliphatic carbocycles. The second kappa shape index (κ2) is 6.89. The summed E-state index contributed by atoms with van der Waals surface area (Å²) in [7, 11) is 0. The van der Waals surface area contributed by atoms with E-state index < -0.39 is 0 Å². The van der Waals surface area contributed by atoms with E-state index >= 15 is 0 Å². The summed E-state index contributed by atoms with van der Waals surface area (Å²) in [4.78, 5) is 8.83. The molecule has 116 valence electrons. The Morgan fingerprint density at radius 2 is 1.74 bits per heavy atom. The van der Waals surface area contributed by atoms with Crippen LogP contribution in [-0.4, -0.2) is 15.1 Å². The number of nitrogens with zero attached hydrogens (tertiary/aromatic N) is 2. The first-order valence-corrected chi connectivity index (χ1v) is 7.37. The number of rotatable bonds is 5. The van der Waals surface area contributed by atoms with Crippen molar-refractivity contribution in [2.24, 2.45) is 0 Å². The molecule has 0 aliphatic heterocycles. The first-order chi connectivity index (χ1) is 11.2. The fourth-order valence-electron chi connectivity index (χ4n) is 2.16. The molecule has 0 radical (unpaired) electrons. The van der Waals surface area contributed by atoms with Crippen molar-refractivity contribution in [2.75, 3.05) is 10.6 Å². The molecule has 0 saturated heterocycles. The number of aliphatic hydroxyl groups is 1. The van der Waals surface area contributed by atoms with Crippen LogP contribution in [-0.2, 0) is 6.61 Å². The third-order valence-corrected chi connectivity index (χ3v) is 3.37. The summed E-state index contributed by atoms with van der Waals surface area (Å²) in [6.07, 6.45) is 1.77. The number of nitrogens with one attached hydrogen (secondary N) is 2. The first-order valence-electron chi connectivity index (χ1n) is 7.37. The van der Waals surface area contributed by atoms with Crippen molar-refractivity contribution in [1.29, 1.82) is 0 Å². The number of benzene rings is 2. The van der Waals surface area contributed by atoms with E-state index in [9.17, 15) is 5.11 Å². The van der Waals surface area contributed by atoms with E-state index in [1.165, 1.54) is 0 Å². The maximum absolute atomic E-state index is 9.23. The molecular weight excluding hydrogens is 288 g/mol. The maximum Gasteiger partial charge on any atom is 0.229 e. The molecule has 0 spiro atoms. The molecule has 0 aliphatic rings. The molecule has 1 aromatic heterocycles. The van der Waals surface area contributed by atoms with E-state index in [1.807, 2.05) is 61.5 Å². The Kier molecular flexibility index (Phi) is 4.49. The average molecular weight is 306 g/mol. The standard InChI is InChI=1S/C18H18N4O/c1-13-11-19-18(21-15-7-3-2-4-8-15)22-17(13)20-16-9-5-6-14(10-16)12-23/h2-11,23H,12H2,1H3,(H2,19,20,21,22). The summed E-state index contributed by atoms with van der Waals surface area (Å²) in [6, 6.07) is 17.4. The number of anilines is 4. The third kappa shape index (κ3) is 3.84. The van der Waals surface area contributed by atoms with Gasteiger partial charge in [-0.1, -0.05) is 30.3 Å². The predicted octanol–water partition coefficient (Wildman–Crippen LogP) is 3.76. The van der Waals surface area contributed by atoms with Crippen molar-refractivity contribution < 1.29 is 5.11 Å². The van der Waals surface area contributed by atoms with Gasteiger partial charge >= 0.3 is 0 Å². The fraction of sp³-hybridized carbons (Fsp3) is 0.111. The van der Waals surface area contributed by atoms with Gasteiger partial charge in [-0.15, -0.1) is 0 Å². The van der Waals surface area contributed by atoms with Gasteiger partial charge in [-0.2, -0.15) is 4.98 Å². The normalized spacial score (nSPS) is 10.3. The average Bonchev–Trinajstić information content (AvgIpc) is 2.59. The van der Waals surface area contributed by atoms with E-state index in [4.69, 9.17) is 0 Å². The lowest BCUT2D eigenvalue weighted by atomic mass is 10.2. The Morgan fingerprint density at radius 3 is 2.52 bits per heavy atom. The Balaban J connectivity index is 1.82. The molecule has 3 N–H and O–H groups in total. The lowest BCUT2D eigenvalue weighted by molar-refractivity contribution is 0.282. The molecular formula is C18H18N4O. The molecule has 1 heterocycles. The highest BCUT2D eigenvalue weighted by Gasteiger charge is 2.05. The SMILES string of the molecule is Cc1cnc(Nc2ccccc2)nc1Nc1cccc(CO)c1. The van der Waals surface area contributed by atoms with Gasteiger partial charge in [0.2, 0.25) is 5.95 Å². The predicted molar refractivity (Wildman–Crippen MR) is 92.1 cm³/mol. The summed E-state index contributed by atoms with van der Waals surface area (Å²) in [5.41, 5.74) is 3.61. The second-order valence-corrected chi connectivity index (χ2v) is 5.20. The molecule has 0 bridgehead atoms. The van der Waals surface area contributed by atoms with Crippen LogP contribution < -0.4 is 10.6 Å². The molecule has 5 nitrogen and oxygen atoms in total. The van der Waals surface area contributed by atoms with Crippen molar-refractivity contribution in [3.63, 3.8) is 0 Å². The van der Waals surface area contributed by atoms with Crippen molar-refractivity contribution >= 4 is 23.1 Å². The van der Waals surface area contributed by atoms with Gasteiger partial charge in [0.1, 0.15) is 5.82 Å². The van der Waals surface area contributed by atoms with Gasteiger partial charge in [0.05, 0.1) is 6.61 Å². The van der Waals surface area contributed by atoms with Crippen molar-refractivity contribution in [3.8, 4) is 0 Å². The van der Waals surface area contributed by atoms with Crippen LogP contribution >= 0.6 is 0 Å². The smallest absolute Gasteiger partial charge is 0.229 e. The quantitative estimate of drug-likeness (QED) is 0.669. The van der Waals surface area contributed by atoms with E-state index in [0.717, 1.165) is 28.3 Å². The van der Waals surface area contributed by atoms with Crippen LogP contribution in [0.2, 0.25) is 0 Å². The topological polar surface area (TPSA) is 70.1 Å². The summed E-state index contributed by atoms with van der Waals surface area (Å²) in [5, 5.41) is 15.7. The van der Waals surface area contributed by atoms with E-state index in [2.05, 4.69) is 20.6 Å². The van der Waals surface area contributed by atoms with Gasteiger partial charge in [-0.05, 0) is 36.8 Å². The molecule has 5 heteroatoms. The van der Waals surface area contributed by atoms with E-state index in [0.29, 0.717) is 5.95 Å². The van der Waals surface area contributed by atoms with Gasteiger partial charge in [0.15, 0.2) is 0 Å². The second-order valence-electron chi connectivity index (χ2n) is 5.20. The highest BCUT2D eigenvalue weighted by atomic mass is 16.3. The highest BCUT2D eigenvalue weighted by Crippen LogP contribution is 2.21. The minimum atomic E-state index is 0.0130. The molecule has 0 amide bonds. The summed E-state index contributed by atoms with van der Waals surface area (Å²) in [5.74, 6) is 1.26. The first kappa shape index (κ1) is 15.0. The lowest BCUT2D eigenvalue weighted by Gasteiger charge is -2.11. The van der Waals surface area contributed by atoms with Crippen LogP contribution in [0.4, 0.5) is 23.1 Å². The van der Waals surface area contributed by atoms with Crippen LogP contribution in [0.1, 0.15) is 11.1 Å². The van der Waals surface area contributed by atoms with Crippen molar-refractivity contribution in [2.45, 2.75) is 13.5 Å². The molecule has 23 heavy (non-hydrogen) atoms. The number of para-hydroxylation sites is 1. The molecule has 3 aromatic rings. The van der Waals surface area contributed by atoms with Gasteiger partial charge in [-0.3, -0.25) is 0 Å². The largest absolute Gasteiger partial charge is 0.392 e. The van der Waals surface area contributed by atoms with Crippen molar-refractivity contribution in [3.05, 3.63) is 71.9 Å². The summed E-state index contributed by atoms with van der Waals surface area (Å²) in [6.45, 7) is 1.96. The lowest BCUT2D eigenvalue weighted by Crippen LogP contribution is -2.03. The highest BCUT2D eigenvalue weighted by molar-refractivity contribution is 5.62. The number of aliphatic hydroxyl groups excluding tert-OH is 1. The zero-order valence-electron chi connectivity index (χ0n) is 12.8. The zero-order valence-corrected chi connectivity index (χ0v) is 12.8. The Labute approximate surface area is 135 Å². The van der Waals surface area contributed by atoms with Crippen LogP contribution in [0, 0.1) is 6.92 Å². The Hall–Kier alpha value is -2.92. The zero-order chi connectivity index (χ0) is 16.1. The van der Waals surface area contributed by atoms with E-state index in [-0.39, 0.29) is 6.61 Å². The molecule has 0 atom stereocenters. The Morgan fingerprint density at radius 1 is 0.957 bits per heavy atom. The van der Waals surface area contributed by atoms with Crippen molar-refractivity contribution in [1.82, 2.24) is 9.97 Å². The Bertz CT molecular complexity index is 790. The van der Waals surface area contributed by atoms with Crippen LogP contribution in [0.3, 0.4) is 0 Å². The minimum Gasteiger partial charge on any atom is -0.392 e. The van der Waals surface area contributed by atoms with Crippen LogP contribution in [0.5, 0.6) is 0 Å². The number of aryl methyl sites for hydroxylation is 1. The molecule has 3 rings (SSSR count). The third-order valence-electron chi connectivity index (χ3n) is 3.37. The molecule has 0 fully saturated rings. The summed E-state index contributed by atoms with van der Waals surface area (Å²) < 4.78 is 0. The monoisotopic (exact) mass is 306 g/mol.